The van der Waals surface area contributed by atoms with Crippen LogP contribution in [0.25, 0.3) is 0 Å². The van der Waals surface area contributed by atoms with Crippen LogP contribution >= 0.6 is 0 Å². The lowest BCUT2D eigenvalue weighted by Gasteiger charge is -2.35. The molecule has 1 fully saturated rings. The zero-order valence-electron chi connectivity index (χ0n) is 6.35. The van der Waals surface area contributed by atoms with E-state index < -0.39 is 0 Å². The molecular weight excluding hydrogens is 126 g/mol. The second kappa shape index (κ2) is 2.74. The molecule has 10 heavy (non-hydrogen) atoms. The third-order valence-electron chi connectivity index (χ3n) is 1.68. The molecule has 0 aromatic carbocycles. The van der Waals surface area contributed by atoms with Gasteiger partial charge in [0.2, 0.25) is 5.91 Å². The molecule has 1 saturated heterocycles. The first-order valence-electron chi connectivity index (χ1n) is 3.42. The van der Waals surface area contributed by atoms with Crippen molar-refractivity contribution in [2.45, 2.75) is 13.8 Å². The van der Waals surface area contributed by atoms with Crippen molar-refractivity contribution in [2.24, 2.45) is 5.92 Å². The lowest BCUT2D eigenvalue weighted by atomic mass is 10.0. The highest BCUT2D eigenvalue weighted by atomic mass is 16.2. The number of amides is 1. The van der Waals surface area contributed by atoms with Crippen molar-refractivity contribution in [1.29, 1.82) is 0 Å². The van der Waals surface area contributed by atoms with Gasteiger partial charge >= 0.3 is 0 Å². The summed E-state index contributed by atoms with van der Waals surface area (Å²) < 4.78 is 0. The minimum Gasteiger partial charge on any atom is -0.340 e. The number of carbonyl (C=O) groups is 1. The zero-order chi connectivity index (χ0) is 7.56. The van der Waals surface area contributed by atoms with Crippen LogP contribution in [-0.4, -0.2) is 23.9 Å². The van der Waals surface area contributed by atoms with Gasteiger partial charge < -0.3 is 4.90 Å². The maximum atomic E-state index is 10.7. The third kappa shape index (κ3) is 1.30. The van der Waals surface area contributed by atoms with E-state index >= 15 is 0 Å². The van der Waals surface area contributed by atoms with Crippen molar-refractivity contribution in [2.75, 3.05) is 13.1 Å². The number of hydrogen-bond acceptors (Lipinski definition) is 1. The smallest absolute Gasteiger partial charge is 0.219 e. The van der Waals surface area contributed by atoms with E-state index in [2.05, 4.69) is 11.8 Å². The minimum absolute atomic E-state index is 0.161. The van der Waals surface area contributed by atoms with Crippen molar-refractivity contribution in [3.05, 3.63) is 0 Å². The maximum Gasteiger partial charge on any atom is 0.219 e. The van der Waals surface area contributed by atoms with E-state index in [1.54, 1.807) is 11.8 Å². The highest BCUT2D eigenvalue weighted by Gasteiger charge is 2.26. The second-order valence-electron chi connectivity index (χ2n) is 2.52. The highest BCUT2D eigenvalue weighted by molar-refractivity contribution is 5.74. The molecule has 0 aromatic heterocycles. The Balaban J connectivity index is 2.28. The fraction of sp³-hybridized carbons (Fsp3) is 0.625. The summed E-state index contributed by atoms with van der Waals surface area (Å²) in [6.45, 7) is 5.08. The molecule has 1 aliphatic rings. The Morgan fingerprint density at radius 1 is 1.60 bits per heavy atom. The molecular formula is C8H11NO. The van der Waals surface area contributed by atoms with Crippen LogP contribution in [-0.2, 0) is 4.79 Å². The van der Waals surface area contributed by atoms with Gasteiger partial charge in [-0.2, -0.15) is 0 Å². The van der Waals surface area contributed by atoms with Crippen LogP contribution in [0, 0.1) is 17.8 Å². The molecule has 1 amide bonds. The molecule has 0 saturated carbocycles. The van der Waals surface area contributed by atoms with Gasteiger partial charge in [0.05, 0.1) is 5.92 Å². The van der Waals surface area contributed by atoms with Crippen LogP contribution < -0.4 is 0 Å². The van der Waals surface area contributed by atoms with Crippen LogP contribution in [0.1, 0.15) is 13.8 Å². The summed E-state index contributed by atoms with van der Waals surface area (Å²) in [4.78, 5) is 12.5. The molecule has 54 valence electrons. The molecule has 2 heteroatoms. The van der Waals surface area contributed by atoms with Gasteiger partial charge in [-0.05, 0) is 6.92 Å². The fourth-order valence-corrected chi connectivity index (χ4v) is 1.03. The third-order valence-corrected chi connectivity index (χ3v) is 1.68. The van der Waals surface area contributed by atoms with Crippen molar-refractivity contribution in [3.8, 4) is 11.8 Å². The summed E-state index contributed by atoms with van der Waals surface area (Å²) in [6.07, 6.45) is 0. The number of nitrogens with zero attached hydrogens (tertiary/aromatic N) is 1. The molecule has 0 N–H and O–H groups in total. The zero-order valence-corrected chi connectivity index (χ0v) is 6.35. The topological polar surface area (TPSA) is 20.3 Å². The number of carbonyl (C=O) groups excluding carboxylic acids is 1. The predicted molar refractivity (Wildman–Crippen MR) is 39.2 cm³/mol. The van der Waals surface area contributed by atoms with Crippen LogP contribution in [0.3, 0.4) is 0 Å². The Morgan fingerprint density at radius 3 is 2.60 bits per heavy atom. The van der Waals surface area contributed by atoms with Crippen LogP contribution in [0.2, 0.25) is 0 Å². The Hall–Kier alpha value is -0.970. The molecule has 1 rings (SSSR count). The van der Waals surface area contributed by atoms with E-state index in [9.17, 15) is 4.79 Å². The Kier molecular flexibility index (Phi) is 1.96. The van der Waals surface area contributed by atoms with Gasteiger partial charge in [-0.15, -0.1) is 5.92 Å². The van der Waals surface area contributed by atoms with Crippen molar-refractivity contribution >= 4 is 5.91 Å². The van der Waals surface area contributed by atoms with E-state index in [0.717, 1.165) is 13.1 Å². The van der Waals surface area contributed by atoms with Gasteiger partial charge in [0.15, 0.2) is 0 Å². The van der Waals surface area contributed by atoms with Gasteiger partial charge in [-0.3, -0.25) is 4.79 Å². The van der Waals surface area contributed by atoms with Crippen molar-refractivity contribution < 1.29 is 4.79 Å². The molecule has 0 bridgehead atoms. The average Bonchev–Trinajstić information content (AvgIpc) is 1.76. The normalized spacial score (nSPS) is 17.2. The molecule has 0 radical (unpaired) electrons. The molecule has 0 unspecified atom stereocenters. The number of rotatable bonds is 0. The van der Waals surface area contributed by atoms with Gasteiger partial charge in [0.25, 0.3) is 0 Å². The van der Waals surface area contributed by atoms with Crippen molar-refractivity contribution in [1.82, 2.24) is 4.90 Å². The van der Waals surface area contributed by atoms with E-state index in [1.165, 1.54) is 0 Å². The van der Waals surface area contributed by atoms with E-state index in [0.29, 0.717) is 5.92 Å². The summed E-state index contributed by atoms with van der Waals surface area (Å²) in [5, 5.41) is 0. The summed E-state index contributed by atoms with van der Waals surface area (Å²) in [5.74, 6) is 6.46. The van der Waals surface area contributed by atoms with E-state index in [1.807, 2.05) is 6.92 Å². The van der Waals surface area contributed by atoms with Crippen LogP contribution in [0.5, 0.6) is 0 Å². The summed E-state index contributed by atoms with van der Waals surface area (Å²) >= 11 is 0. The Morgan fingerprint density at radius 2 is 2.20 bits per heavy atom. The largest absolute Gasteiger partial charge is 0.340 e. The average molecular weight is 137 g/mol. The monoisotopic (exact) mass is 137 g/mol. The molecule has 1 heterocycles. The van der Waals surface area contributed by atoms with Crippen LogP contribution in [0.4, 0.5) is 0 Å². The molecule has 0 aliphatic carbocycles. The van der Waals surface area contributed by atoms with Gasteiger partial charge in [-0.1, -0.05) is 5.92 Å². The van der Waals surface area contributed by atoms with Gasteiger partial charge in [0, 0.05) is 20.0 Å². The lowest BCUT2D eigenvalue weighted by Crippen LogP contribution is -2.48. The highest BCUT2D eigenvalue weighted by Crippen LogP contribution is 2.13. The molecule has 1 aliphatic heterocycles. The second-order valence-corrected chi connectivity index (χ2v) is 2.52. The fourth-order valence-electron chi connectivity index (χ4n) is 1.03. The lowest BCUT2D eigenvalue weighted by molar-refractivity contribution is -0.133. The summed E-state index contributed by atoms with van der Waals surface area (Å²) in [7, 11) is 0. The molecule has 0 aromatic rings. The van der Waals surface area contributed by atoms with Crippen LogP contribution in [0.15, 0.2) is 0 Å². The van der Waals surface area contributed by atoms with Gasteiger partial charge in [0.1, 0.15) is 0 Å². The quantitative estimate of drug-likeness (QED) is 0.445. The first kappa shape index (κ1) is 7.14. The molecule has 0 atom stereocenters. The van der Waals surface area contributed by atoms with E-state index in [4.69, 9.17) is 0 Å². The molecule has 0 spiro atoms. The summed E-state index contributed by atoms with van der Waals surface area (Å²) in [5.41, 5.74) is 0. The first-order chi connectivity index (χ1) is 4.74. The number of hydrogen-bond donors (Lipinski definition) is 0. The maximum absolute atomic E-state index is 10.7. The predicted octanol–water partition coefficient (Wildman–Crippen LogP) is 0.488. The first-order valence-corrected chi connectivity index (χ1v) is 3.42. The summed E-state index contributed by atoms with van der Waals surface area (Å²) in [6, 6.07) is 0. The van der Waals surface area contributed by atoms with E-state index in [-0.39, 0.29) is 5.91 Å². The Labute approximate surface area is 61.2 Å². The molecule has 2 nitrogen and oxygen atoms in total. The Bertz CT molecular complexity index is 193. The number of likely N-dealkylation sites (tertiary alicyclic amines) is 1. The SMILES string of the molecule is CC#CC1CN(C(C)=O)C1. The minimum atomic E-state index is 0.161. The van der Waals surface area contributed by atoms with Crippen molar-refractivity contribution in [3.63, 3.8) is 0 Å². The van der Waals surface area contributed by atoms with Gasteiger partial charge in [-0.25, -0.2) is 0 Å². The standard InChI is InChI=1S/C8H11NO/c1-3-4-8-5-9(6-8)7(2)10/h8H,5-6H2,1-2H3.